The summed E-state index contributed by atoms with van der Waals surface area (Å²) >= 11 is 1.46. The molecular weight excluding hydrogens is 317 g/mol. The van der Waals surface area contributed by atoms with E-state index in [4.69, 9.17) is 0 Å². The summed E-state index contributed by atoms with van der Waals surface area (Å²) in [5, 5.41) is 4.70. The molecule has 6 heteroatoms. The molecule has 0 aliphatic heterocycles. The minimum Gasteiger partial charge on any atom is -0.469 e. The zero-order valence-electron chi connectivity index (χ0n) is 12.8. The molecule has 0 saturated carbocycles. The Labute approximate surface area is 138 Å². The van der Waals surface area contributed by atoms with Crippen molar-refractivity contribution in [1.29, 1.82) is 0 Å². The molecule has 0 fully saturated rings. The highest BCUT2D eigenvalue weighted by molar-refractivity contribution is 7.10. The molecule has 0 spiro atoms. The summed E-state index contributed by atoms with van der Waals surface area (Å²) < 4.78 is 18.2. The summed E-state index contributed by atoms with van der Waals surface area (Å²) in [7, 11) is 1.31. The van der Waals surface area contributed by atoms with E-state index in [1.807, 2.05) is 17.5 Å². The lowest BCUT2D eigenvalue weighted by atomic mass is 10.1. The van der Waals surface area contributed by atoms with Gasteiger partial charge in [-0.1, -0.05) is 24.3 Å². The number of thiophene rings is 1. The molecule has 1 heterocycles. The van der Waals surface area contributed by atoms with Gasteiger partial charge >= 0.3 is 5.97 Å². The van der Waals surface area contributed by atoms with Gasteiger partial charge in [0.15, 0.2) is 0 Å². The Balaban J connectivity index is 1.95. The van der Waals surface area contributed by atoms with E-state index < -0.39 is 12.0 Å². The van der Waals surface area contributed by atoms with E-state index in [9.17, 15) is 14.0 Å². The van der Waals surface area contributed by atoms with Crippen LogP contribution in [-0.4, -0.2) is 19.0 Å². The summed E-state index contributed by atoms with van der Waals surface area (Å²) in [6.07, 6.45) is 0.542. The fraction of sp³-hybridized carbons (Fsp3) is 0.294. The van der Waals surface area contributed by atoms with Crippen molar-refractivity contribution in [2.24, 2.45) is 0 Å². The van der Waals surface area contributed by atoms with Gasteiger partial charge in [0.1, 0.15) is 5.82 Å². The maximum absolute atomic E-state index is 13.6. The summed E-state index contributed by atoms with van der Waals surface area (Å²) in [5.41, 5.74) is 0.503. The Morgan fingerprint density at radius 3 is 2.70 bits per heavy atom. The molecule has 0 aliphatic carbocycles. The van der Waals surface area contributed by atoms with Crippen LogP contribution in [0.4, 0.5) is 4.39 Å². The van der Waals surface area contributed by atoms with Crippen molar-refractivity contribution in [1.82, 2.24) is 5.32 Å². The van der Waals surface area contributed by atoms with E-state index in [-0.39, 0.29) is 24.6 Å². The maximum atomic E-state index is 13.6. The molecule has 1 amide bonds. The first-order valence-electron chi connectivity index (χ1n) is 7.23. The molecule has 1 aromatic carbocycles. The van der Waals surface area contributed by atoms with Crippen molar-refractivity contribution < 1.29 is 18.7 Å². The van der Waals surface area contributed by atoms with E-state index >= 15 is 0 Å². The Morgan fingerprint density at radius 1 is 1.26 bits per heavy atom. The van der Waals surface area contributed by atoms with Crippen molar-refractivity contribution in [3.8, 4) is 0 Å². The number of hydrogen-bond donors (Lipinski definition) is 1. The summed E-state index contributed by atoms with van der Waals surface area (Å²) in [5.74, 6) is -0.932. The normalized spacial score (nSPS) is 11.7. The van der Waals surface area contributed by atoms with Crippen molar-refractivity contribution in [2.45, 2.75) is 25.3 Å². The van der Waals surface area contributed by atoms with Gasteiger partial charge in [0.05, 0.1) is 19.6 Å². The quantitative estimate of drug-likeness (QED) is 0.790. The van der Waals surface area contributed by atoms with E-state index in [1.165, 1.54) is 24.5 Å². The van der Waals surface area contributed by atoms with Crippen LogP contribution < -0.4 is 5.32 Å². The van der Waals surface area contributed by atoms with Crippen molar-refractivity contribution in [2.75, 3.05) is 7.11 Å². The first-order valence-corrected chi connectivity index (χ1v) is 8.11. The third-order valence-corrected chi connectivity index (χ3v) is 4.39. The van der Waals surface area contributed by atoms with Crippen LogP contribution in [0.2, 0.25) is 0 Å². The van der Waals surface area contributed by atoms with Gasteiger partial charge in [-0.15, -0.1) is 11.3 Å². The minimum absolute atomic E-state index is 0.0719. The largest absolute Gasteiger partial charge is 0.469 e. The average Bonchev–Trinajstić information content (AvgIpc) is 3.07. The van der Waals surface area contributed by atoms with Crippen molar-refractivity contribution in [3.05, 3.63) is 58.0 Å². The number of ether oxygens (including phenoxy) is 1. The molecule has 1 aromatic heterocycles. The van der Waals surface area contributed by atoms with E-state index in [0.717, 1.165) is 4.88 Å². The number of halogens is 1. The Bertz CT molecular complexity index is 658. The molecule has 0 radical (unpaired) electrons. The molecule has 0 saturated heterocycles. The molecule has 1 atom stereocenters. The maximum Gasteiger partial charge on any atom is 0.307 e. The number of hydrogen-bond acceptors (Lipinski definition) is 4. The number of amides is 1. The standard InChI is InChI=1S/C17H18FNO3S/c1-22-17(21)11-14(15-7-4-10-23-15)19-16(20)9-8-12-5-2-3-6-13(12)18/h2-7,10,14H,8-9,11H2,1H3,(H,19,20)/t14-/m1/s1. The third kappa shape index (κ3) is 5.17. The lowest BCUT2D eigenvalue weighted by Gasteiger charge is -2.16. The molecular formula is C17H18FNO3S. The highest BCUT2D eigenvalue weighted by Crippen LogP contribution is 2.22. The first-order chi connectivity index (χ1) is 11.1. The number of carbonyl (C=O) groups excluding carboxylic acids is 2. The zero-order chi connectivity index (χ0) is 16.7. The minimum atomic E-state index is -0.421. The number of methoxy groups -OCH3 is 1. The monoisotopic (exact) mass is 335 g/mol. The van der Waals surface area contributed by atoms with Crippen LogP contribution in [0.1, 0.15) is 29.3 Å². The van der Waals surface area contributed by atoms with Crippen LogP contribution in [0.5, 0.6) is 0 Å². The van der Waals surface area contributed by atoms with Gasteiger partial charge in [-0.3, -0.25) is 9.59 Å². The SMILES string of the molecule is COC(=O)C[C@@H](NC(=O)CCc1ccccc1F)c1cccs1. The number of aryl methyl sites for hydroxylation is 1. The van der Waals surface area contributed by atoms with Gasteiger partial charge in [0.2, 0.25) is 5.91 Å². The Kier molecular flexibility index (Phi) is 6.29. The number of nitrogens with one attached hydrogen (secondary N) is 1. The predicted molar refractivity (Wildman–Crippen MR) is 86.6 cm³/mol. The second-order valence-electron chi connectivity index (χ2n) is 5.01. The zero-order valence-corrected chi connectivity index (χ0v) is 13.6. The third-order valence-electron chi connectivity index (χ3n) is 3.40. The Hall–Kier alpha value is -2.21. The lowest BCUT2D eigenvalue weighted by molar-refractivity contribution is -0.141. The van der Waals surface area contributed by atoms with Gasteiger partial charge in [0.25, 0.3) is 0 Å². The smallest absolute Gasteiger partial charge is 0.307 e. The van der Waals surface area contributed by atoms with Crippen LogP contribution in [0.3, 0.4) is 0 Å². The Morgan fingerprint density at radius 2 is 2.04 bits per heavy atom. The van der Waals surface area contributed by atoms with Gasteiger partial charge in [-0.25, -0.2) is 4.39 Å². The lowest BCUT2D eigenvalue weighted by Crippen LogP contribution is -2.30. The highest BCUT2D eigenvalue weighted by atomic mass is 32.1. The molecule has 122 valence electrons. The van der Waals surface area contributed by atoms with Crippen LogP contribution >= 0.6 is 11.3 Å². The van der Waals surface area contributed by atoms with Gasteiger partial charge in [0, 0.05) is 11.3 Å². The molecule has 0 aliphatic rings. The van der Waals surface area contributed by atoms with E-state index in [2.05, 4.69) is 10.1 Å². The average molecular weight is 335 g/mol. The molecule has 2 rings (SSSR count). The van der Waals surface area contributed by atoms with Crippen molar-refractivity contribution >= 4 is 23.2 Å². The second kappa shape index (κ2) is 8.43. The van der Waals surface area contributed by atoms with Gasteiger partial charge in [-0.2, -0.15) is 0 Å². The fourth-order valence-electron chi connectivity index (χ4n) is 2.18. The highest BCUT2D eigenvalue weighted by Gasteiger charge is 2.19. The van der Waals surface area contributed by atoms with Crippen molar-refractivity contribution in [3.63, 3.8) is 0 Å². The van der Waals surface area contributed by atoms with Crippen LogP contribution in [0.15, 0.2) is 41.8 Å². The summed E-state index contributed by atoms with van der Waals surface area (Å²) in [6, 6.07) is 9.68. The van der Waals surface area contributed by atoms with Gasteiger partial charge < -0.3 is 10.1 Å². The first kappa shape index (κ1) is 17.1. The summed E-state index contributed by atoms with van der Waals surface area (Å²) in [6.45, 7) is 0. The number of carbonyl (C=O) groups is 2. The molecule has 4 nitrogen and oxygen atoms in total. The molecule has 0 unspecified atom stereocenters. The molecule has 2 aromatic rings. The molecule has 1 N–H and O–H groups in total. The summed E-state index contributed by atoms with van der Waals surface area (Å²) in [4.78, 5) is 24.5. The van der Waals surface area contributed by atoms with E-state index in [0.29, 0.717) is 12.0 Å². The van der Waals surface area contributed by atoms with E-state index in [1.54, 1.807) is 18.2 Å². The topological polar surface area (TPSA) is 55.4 Å². The number of benzene rings is 1. The van der Waals surface area contributed by atoms with Crippen LogP contribution in [0, 0.1) is 5.82 Å². The predicted octanol–water partition coefficient (Wildman–Crippen LogP) is 3.24. The number of rotatable bonds is 7. The van der Waals surface area contributed by atoms with Crippen LogP contribution in [0.25, 0.3) is 0 Å². The second-order valence-corrected chi connectivity index (χ2v) is 5.99. The van der Waals surface area contributed by atoms with Gasteiger partial charge in [-0.05, 0) is 29.5 Å². The van der Waals surface area contributed by atoms with Crippen LogP contribution in [-0.2, 0) is 20.7 Å². The number of esters is 1. The molecule has 0 bridgehead atoms. The molecule has 23 heavy (non-hydrogen) atoms. The fourth-order valence-corrected chi connectivity index (χ4v) is 2.96.